The quantitative estimate of drug-likeness (QED) is 0.783. The first-order valence-electron chi connectivity index (χ1n) is 9.21. The first-order valence-corrected chi connectivity index (χ1v) is 9.21. The van der Waals surface area contributed by atoms with Gasteiger partial charge in [0.05, 0.1) is 11.9 Å². The van der Waals surface area contributed by atoms with E-state index in [9.17, 15) is 9.59 Å². The second-order valence-electron chi connectivity index (χ2n) is 7.11. The molecule has 1 aromatic carbocycles. The minimum atomic E-state index is -0.549. The molecule has 2 heterocycles. The maximum absolute atomic E-state index is 12.9. The topological polar surface area (TPSA) is 67.7 Å². The van der Waals surface area contributed by atoms with Gasteiger partial charge in [0.2, 0.25) is 5.91 Å². The summed E-state index contributed by atoms with van der Waals surface area (Å²) in [6.45, 7) is 6.56. The van der Waals surface area contributed by atoms with Crippen LogP contribution in [0.25, 0.3) is 0 Å². The normalized spacial score (nSPS) is 16.3. The van der Waals surface area contributed by atoms with Crippen LogP contribution in [0, 0.1) is 0 Å². The highest BCUT2D eigenvalue weighted by molar-refractivity contribution is 6.00. The Labute approximate surface area is 159 Å². The van der Waals surface area contributed by atoms with Crippen LogP contribution in [0.15, 0.2) is 36.7 Å². The van der Waals surface area contributed by atoms with Crippen molar-refractivity contribution in [3.63, 3.8) is 0 Å². The molecule has 0 spiro atoms. The molecule has 0 aliphatic carbocycles. The first-order chi connectivity index (χ1) is 12.9. The number of hydrogen-bond donors (Lipinski definition) is 0. The lowest BCUT2D eigenvalue weighted by atomic mass is 10.1. The summed E-state index contributed by atoms with van der Waals surface area (Å²) in [5, 5.41) is 4.16. The van der Waals surface area contributed by atoms with Crippen LogP contribution in [0.1, 0.15) is 32.8 Å². The number of carbonyl (C=O) groups is 2. The number of hydrogen-bond acceptors (Lipinski definition) is 4. The van der Waals surface area contributed by atoms with Crippen LogP contribution < -0.4 is 9.64 Å². The minimum absolute atomic E-state index is 0.0123. The number of amides is 2. The number of aromatic nitrogens is 2. The van der Waals surface area contributed by atoms with E-state index in [2.05, 4.69) is 5.10 Å². The summed E-state index contributed by atoms with van der Waals surface area (Å²) in [5.41, 5.74) is 1.71. The number of nitrogens with zero attached hydrogens (tertiary/aromatic N) is 4. The Bertz CT molecular complexity index is 830. The van der Waals surface area contributed by atoms with Crippen molar-refractivity contribution in [2.75, 3.05) is 11.4 Å². The Balaban J connectivity index is 1.70. The molecule has 0 unspecified atom stereocenters. The summed E-state index contributed by atoms with van der Waals surface area (Å²) in [4.78, 5) is 28.9. The van der Waals surface area contributed by atoms with E-state index in [0.717, 1.165) is 11.3 Å². The number of fused-ring (bicyclic) bond motifs is 1. The number of benzene rings is 1. The highest BCUT2D eigenvalue weighted by Gasteiger charge is 2.31. The first kappa shape index (κ1) is 18.9. The molecule has 3 rings (SSSR count). The van der Waals surface area contributed by atoms with Gasteiger partial charge in [0.1, 0.15) is 5.75 Å². The second-order valence-corrected chi connectivity index (χ2v) is 7.11. The number of para-hydroxylation sites is 2. The summed E-state index contributed by atoms with van der Waals surface area (Å²) in [6, 6.07) is 7.49. The van der Waals surface area contributed by atoms with Crippen molar-refractivity contribution in [3.8, 4) is 5.75 Å². The van der Waals surface area contributed by atoms with Crippen LogP contribution >= 0.6 is 0 Å². The zero-order valence-electron chi connectivity index (χ0n) is 16.3. The van der Waals surface area contributed by atoms with Gasteiger partial charge in [0.15, 0.2) is 6.10 Å². The van der Waals surface area contributed by atoms with Crippen LogP contribution in [-0.4, -0.2) is 45.2 Å². The van der Waals surface area contributed by atoms with Gasteiger partial charge in [-0.15, -0.1) is 0 Å². The van der Waals surface area contributed by atoms with E-state index in [1.165, 1.54) is 0 Å². The third kappa shape index (κ3) is 4.13. The summed E-state index contributed by atoms with van der Waals surface area (Å²) in [5.74, 6) is 0.566. The van der Waals surface area contributed by atoms with Crippen LogP contribution in [0.2, 0.25) is 0 Å². The molecule has 0 bridgehead atoms. The molecular formula is C20H26N4O3. The summed E-state index contributed by atoms with van der Waals surface area (Å²) in [6.07, 6.45) is 3.38. The van der Waals surface area contributed by atoms with Gasteiger partial charge in [-0.1, -0.05) is 12.1 Å². The zero-order valence-corrected chi connectivity index (χ0v) is 16.3. The van der Waals surface area contributed by atoms with Crippen LogP contribution in [0.3, 0.4) is 0 Å². The van der Waals surface area contributed by atoms with Crippen molar-refractivity contribution in [3.05, 3.63) is 42.2 Å². The number of aryl methyl sites for hydroxylation is 1. The molecule has 0 N–H and O–H groups in total. The zero-order chi connectivity index (χ0) is 19.6. The molecule has 1 atom stereocenters. The molecule has 0 fully saturated rings. The lowest BCUT2D eigenvalue weighted by molar-refractivity contribution is -0.133. The van der Waals surface area contributed by atoms with Crippen molar-refractivity contribution < 1.29 is 14.3 Å². The summed E-state index contributed by atoms with van der Waals surface area (Å²) in [7, 11) is 1.85. The lowest BCUT2D eigenvalue weighted by Crippen LogP contribution is -2.46. The van der Waals surface area contributed by atoms with Crippen molar-refractivity contribution in [1.82, 2.24) is 14.7 Å². The largest absolute Gasteiger partial charge is 0.479 e. The molecule has 144 valence electrons. The monoisotopic (exact) mass is 370 g/mol. The fourth-order valence-corrected chi connectivity index (χ4v) is 3.25. The molecule has 1 aliphatic rings. The van der Waals surface area contributed by atoms with Crippen LogP contribution in [-0.2, 0) is 23.2 Å². The fourth-order valence-electron chi connectivity index (χ4n) is 3.25. The maximum atomic E-state index is 12.9. The van der Waals surface area contributed by atoms with E-state index in [4.69, 9.17) is 4.74 Å². The Kier molecular flexibility index (Phi) is 5.48. The summed E-state index contributed by atoms with van der Waals surface area (Å²) >= 11 is 0. The fraction of sp³-hybridized carbons (Fsp3) is 0.450. The van der Waals surface area contributed by atoms with E-state index in [1.54, 1.807) is 22.7 Å². The highest BCUT2D eigenvalue weighted by Crippen LogP contribution is 2.33. The molecule has 1 aromatic heterocycles. The van der Waals surface area contributed by atoms with E-state index in [-0.39, 0.29) is 24.3 Å². The van der Waals surface area contributed by atoms with Crippen molar-refractivity contribution in [1.29, 1.82) is 0 Å². The predicted octanol–water partition coefficient (Wildman–Crippen LogP) is 2.36. The number of ether oxygens (including phenoxy) is 1. The molecular weight excluding hydrogens is 344 g/mol. The van der Waals surface area contributed by atoms with Gasteiger partial charge in [-0.3, -0.25) is 14.3 Å². The maximum Gasteiger partial charge on any atom is 0.267 e. The standard InChI is InChI=1S/C20H26N4O3/c1-14(2)24(13-16-11-21-22(4)12-16)19(25)9-10-23-17-7-5-6-8-18(17)27-15(3)20(23)26/h5-8,11-12,14-15H,9-10,13H2,1-4H3/t15-/m0/s1. The lowest BCUT2D eigenvalue weighted by Gasteiger charge is -2.33. The highest BCUT2D eigenvalue weighted by atomic mass is 16.5. The van der Waals surface area contributed by atoms with Gasteiger partial charge in [-0.25, -0.2) is 0 Å². The molecule has 27 heavy (non-hydrogen) atoms. The molecule has 7 heteroatoms. The second kappa shape index (κ2) is 7.82. The minimum Gasteiger partial charge on any atom is -0.479 e. The third-order valence-corrected chi connectivity index (χ3v) is 4.68. The van der Waals surface area contributed by atoms with Crippen molar-refractivity contribution >= 4 is 17.5 Å². The molecule has 2 amide bonds. The Morgan fingerprint density at radius 3 is 2.74 bits per heavy atom. The van der Waals surface area contributed by atoms with E-state index >= 15 is 0 Å². The van der Waals surface area contributed by atoms with E-state index in [0.29, 0.717) is 18.8 Å². The molecule has 0 saturated heterocycles. The average Bonchev–Trinajstić information content (AvgIpc) is 3.04. The molecule has 0 saturated carbocycles. The molecule has 7 nitrogen and oxygen atoms in total. The van der Waals surface area contributed by atoms with Gasteiger partial charge < -0.3 is 14.5 Å². The molecule has 1 aliphatic heterocycles. The van der Waals surface area contributed by atoms with Gasteiger partial charge in [0, 0.05) is 44.4 Å². The number of carbonyl (C=O) groups excluding carboxylic acids is 2. The van der Waals surface area contributed by atoms with Gasteiger partial charge in [-0.2, -0.15) is 5.10 Å². The van der Waals surface area contributed by atoms with Crippen molar-refractivity contribution in [2.45, 2.75) is 45.9 Å². The SMILES string of the molecule is CC(C)N(Cc1cnn(C)c1)C(=O)CCN1C(=O)[C@H](C)Oc2ccccc21. The Morgan fingerprint density at radius 2 is 2.07 bits per heavy atom. The van der Waals surface area contributed by atoms with Crippen LogP contribution in [0.5, 0.6) is 5.75 Å². The van der Waals surface area contributed by atoms with E-state index < -0.39 is 6.10 Å². The van der Waals surface area contributed by atoms with Gasteiger partial charge in [0.25, 0.3) is 5.91 Å². The smallest absolute Gasteiger partial charge is 0.267 e. The van der Waals surface area contributed by atoms with E-state index in [1.807, 2.05) is 56.3 Å². The van der Waals surface area contributed by atoms with Gasteiger partial charge in [-0.05, 0) is 32.9 Å². The number of rotatable bonds is 6. The Morgan fingerprint density at radius 1 is 1.33 bits per heavy atom. The third-order valence-electron chi connectivity index (χ3n) is 4.68. The van der Waals surface area contributed by atoms with Gasteiger partial charge >= 0.3 is 0 Å². The number of anilines is 1. The average molecular weight is 370 g/mol. The molecule has 0 radical (unpaired) electrons. The summed E-state index contributed by atoms with van der Waals surface area (Å²) < 4.78 is 7.38. The predicted molar refractivity (Wildman–Crippen MR) is 102 cm³/mol. The van der Waals surface area contributed by atoms with Crippen molar-refractivity contribution in [2.24, 2.45) is 7.05 Å². The van der Waals surface area contributed by atoms with Crippen LogP contribution in [0.4, 0.5) is 5.69 Å². The molecule has 2 aromatic rings. The Hall–Kier alpha value is -2.83.